The van der Waals surface area contributed by atoms with Crippen LogP contribution in [0.2, 0.25) is 0 Å². The minimum Gasteiger partial charge on any atom is -0.494 e. The molecule has 0 aliphatic rings. The van der Waals surface area contributed by atoms with Gasteiger partial charge in [-0.3, -0.25) is 30.6 Å². The Bertz CT molecular complexity index is 1330. The van der Waals surface area contributed by atoms with Crippen LogP contribution in [0.1, 0.15) is 105 Å². The molecule has 0 unspecified atom stereocenters. The minimum atomic E-state index is -0.598. The number of azo groups is 1. The molecule has 0 saturated carbocycles. The second-order valence-electron chi connectivity index (χ2n) is 10.7. The van der Waals surface area contributed by atoms with Crippen LogP contribution in [0.4, 0.5) is 17.1 Å². The van der Waals surface area contributed by atoms with Gasteiger partial charge in [0.05, 0.1) is 22.9 Å². The molecule has 3 aromatic carbocycles. The number of non-ortho nitro benzene ring substituents is 1. The van der Waals surface area contributed by atoms with Crippen LogP contribution in [0.25, 0.3) is 0 Å². The number of hydrogen-bond donors (Lipinski definition) is 2. The second kappa shape index (κ2) is 19.6. The van der Waals surface area contributed by atoms with E-state index in [4.69, 9.17) is 4.74 Å². The number of nitrogens with zero attached hydrogens (tertiary/aromatic N) is 3. The van der Waals surface area contributed by atoms with Crippen molar-refractivity contribution in [2.24, 2.45) is 10.2 Å². The van der Waals surface area contributed by atoms with Gasteiger partial charge in [-0.05, 0) is 67.1 Å². The zero-order valence-electron chi connectivity index (χ0n) is 25.5. The minimum absolute atomic E-state index is 0.130. The van der Waals surface area contributed by atoms with Gasteiger partial charge in [-0.25, -0.2) is 0 Å². The van der Waals surface area contributed by atoms with E-state index in [-0.39, 0.29) is 11.3 Å². The Kier molecular flexibility index (Phi) is 15.1. The molecule has 0 atom stereocenters. The lowest BCUT2D eigenvalue weighted by Gasteiger charge is -2.07. The van der Waals surface area contributed by atoms with E-state index in [0.717, 1.165) is 12.2 Å². The maximum absolute atomic E-state index is 12.4. The summed E-state index contributed by atoms with van der Waals surface area (Å²) >= 11 is 0. The van der Waals surface area contributed by atoms with Crippen LogP contribution >= 0.6 is 0 Å². The van der Waals surface area contributed by atoms with Crippen molar-refractivity contribution >= 4 is 28.9 Å². The van der Waals surface area contributed by atoms with Gasteiger partial charge in [0, 0.05) is 23.3 Å². The molecule has 0 aromatic heterocycles. The topological polar surface area (TPSA) is 135 Å². The molecule has 0 spiro atoms. The summed E-state index contributed by atoms with van der Waals surface area (Å²) in [5, 5.41) is 19.2. The van der Waals surface area contributed by atoms with Gasteiger partial charge < -0.3 is 4.74 Å². The molecule has 3 rings (SSSR count). The first-order valence-electron chi connectivity index (χ1n) is 15.6. The van der Waals surface area contributed by atoms with Gasteiger partial charge in [0.1, 0.15) is 5.75 Å². The largest absolute Gasteiger partial charge is 0.494 e. The van der Waals surface area contributed by atoms with Gasteiger partial charge >= 0.3 is 0 Å². The van der Waals surface area contributed by atoms with Gasteiger partial charge in [0.15, 0.2) is 0 Å². The van der Waals surface area contributed by atoms with E-state index in [0.29, 0.717) is 23.5 Å². The number of nitro groups is 1. The molecule has 10 nitrogen and oxygen atoms in total. The van der Waals surface area contributed by atoms with Crippen LogP contribution in [0.3, 0.4) is 0 Å². The fraction of sp³-hybridized carbons (Fsp3) is 0.412. The van der Waals surface area contributed by atoms with Crippen molar-refractivity contribution in [1.82, 2.24) is 10.9 Å². The lowest BCUT2D eigenvalue weighted by molar-refractivity contribution is -0.384. The van der Waals surface area contributed by atoms with E-state index >= 15 is 0 Å². The SMILES string of the molecule is CCCCCCCCCCCCCCOc1ccc(N=Nc2ccc(C(=O)NNC(=O)c3ccc([N+](=O)[O-])cc3)cc2)cc1. The highest BCUT2D eigenvalue weighted by atomic mass is 16.6. The standard InChI is InChI=1S/C34H43N5O5/c1-2-3-4-5-6-7-8-9-10-11-12-13-26-44-32-24-20-30(21-25-32)36-35-29-18-14-27(15-19-29)33(40)37-38-34(41)28-16-22-31(23-17-28)39(42)43/h14-25H,2-13,26H2,1H3,(H,37,40)(H,38,41). The Morgan fingerprint density at radius 1 is 0.636 bits per heavy atom. The van der Waals surface area contributed by atoms with Gasteiger partial charge in [-0.15, -0.1) is 0 Å². The van der Waals surface area contributed by atoms with Crippen LogP contribution < -0.4 is 15.6 Å². The fourth-order valence-corrected chi connectivity index (χ4v) is 4.53. The number of unbranched alkanes of at least 4 members (excludes halogenated alkanes) is 11. The number of rotatable bonds is 19. The summed E-state index contributed by atoms with van der Waals surface area (Å²) in [7, 11) is 0. The first-order valence-corrected chi connectivity index (χ1v) is 15.6. The van der Waals surface area contributed by atoms with Crippen LogP contribution in [0.5, 0.6) is 5.75 Å². The summed E-state index contributed by atoms with van der Waals surface area (Å²) in [6.07, 6.45) is 15.8. The van der Waals surface area contributed by atoms with Crippen molar-refractivity contribution in [3.05, 3.63) is 94.0 Å². The highest BCUT2D eigenvalue weighted by Crippen LogP contribution is 2.22. The van der Waals surface area contributed by atoms with E-state index in [1.165, 1.54) is 94.9 Å². The molecule has 0 saturated heterocycles. The van der Waals surface area contributed by atoms with Crippen LogP contribution in [-0.2, 0) is 0 Å². The average Bonchev–Trinajstić information content (AvgIpc) is 3.05. The van der Waals surface area contributed by atoms with Crippen molar-refractivity contribution in [1.29, 1.82) is 0 Å². The first-order chi connectivity index (χ1) is 21.5. The van der Waals surface area contributed by atoms with Crippen LogP contribution in [-0.4, -0.2) is 23.3 Å². The molecule has 10 heteroatoms. The number of nitro benzene ring substituents is 1. The van der Waals surface area contributed by atoms with Gasteiger partial charge in [-0.1, -0.05) is 77.6 Å². The fourth-order valence-electron chi connectivity index (χ4n) is 4.53. The summed E-state index contributed by atoms with van der Waals surface area (Å²) in [6, 6.07) is 18.9. The molecule has 0 bridgehead atoms. The Balaban J connectivity index is 1.30. The van der Waals surface area contributed by atoms with Crippen molar-refractivity contribution in [2.45, 2.75) is 84.0 Å². The summed E-state index contributed by atoms with van der Waals surface area (Å²) in [4.78, 5) is 34.7. The number of ether oxygens (including phenoxy) is 1. The summed E-state index contributed by atoms with van der Waals surface area (Å²) in [6.45, 7) is 2.97. The van der Waals surface area contributed by atoms with E-state index in [2.05, 4.69) is 28.0 Å². The summed E-state index contributed by atoms with van der Waals surface area (Å²) in [5.74, 6) is -0.315. The monoisotopic (exact) mass is 601 g/mol. The number of carbonyl (C=O) groups excluding carboxylic acids is 2. The molecule has 2 amide bonds. The van der Waals surface area contributed by atoms with E-state index in [1.807, 2.05) is 24.3 Å². The molecule has 234 valence electrons. The van der Waals surface area contributed by atoms with Gasteiger partial charge in [0.2, 0.25) is 0 Å². The number of amides is 2. The molecule has 0 aliphatic carbocycles. The third-order valence-corrected chi connectivity index (χ3v) is 7.14. The number of hydrazine groups is 1. The molecule has 0 aliphatic heterocycles. The molecule has 44 heavy (non-hydrogen) atoms. The first kappa shape index (κ1) is 33.9. The predicted molar refractivity (Wildman–Crippen MR) is 172 cm³/mol. The van der Waals surface area contributed by atoms with E-state index < -0.39 is 16.7 Å². The molecular weight excluding hydrogens is 558 g/mol. The average molecular weight is 602 g/mol. The third kappa shape index (κ3) is 12.7. The maximum atomic E-state index is 12.4. The number of benzene rings is 3. The summed E-state index contributed by atoms with van der Waals surface area (Å²) in [5.41, 5.74) is 6.19. The Morgan fingerprint density at radius 2 is 1.05 bits per heavy atom. The molecule has 0 heterocycles. The smallest absolute Gasteiger partial charge is 0.269 e. The predicted octanol–water partition coefficient (Wildman–Crippen LogP) is 9.16. The van der Waals surface area contributed by atoms with Crippen LogP contribution in [0, 0.1) is 10.1 Å². The highest BCUT2D eigenvalue weighted by molar-refractivity contribution is 5.99. The molecule has 3 aromatic rings. The van der Waals surface area contributed by atoms with Crippen molar-refractivity contribution in [2.75, 3.05) is 6.61 Å². The number of hydrogen-bond acceptors (Lipinski definition) is 7. The lowest BCUT2D eigenvalue weighted by Crippen LogP contribution is -2.41. The van der Waals surface area contributed by atoms with Crippen molar-refractivity contribution < 1.29 is 19.2 Å². The normalized spacial score (nSPS) is 10.9. The third-order valence-electron chi connectivity index (χ3n) is 7.14. The van der Waals surface area contributed by atoms with E-state index in [1.54, 1.807) is 24.3 Å². The van der Waals surface area contributed by atoms with Gasteiger partial charge in [0.25, 0.3) is 17.5 Å². The Labute approximate surface area is 259 Å². The number of carbonyl (C=O) groups is 2. The Hall–Kier alpha value is -4.60. The maximum Gasteiger partial charge on any atom is 0.269 e. The zero-order chi connectivity index (χ0) is 31.4. The van der Waals surface area contributed by atoms with Crippen molar-refractivity contribution in [3.63, 3.8) is 0 Å². The van der Waals surface area contributed by atoms with Crippen LogP contribution in [0.15, 0.2) is 83.0 Å². The molecule has 2 N–H and O–H groups in total. The quantitative estimate of drug-likeness (QED) is 0.0611. The lowest BCUT2D eigenvalue weighted by atomic mass is 10.1. The zero-order valence-corrected chi connectivity index (χ0v) is 25.5. The summed E-state index contributed by atoms with van der Waals surface area (Å²) < 4.78 is 5.86. The number of nitrogens with one attached hydrogen (secondary N) is 2. The second-order valence-corrected chi connectivity index (χ2v) is 10.7. The highest BCUT2D eigenvalue weighted by Gasteiger charge is 2.11. The van der Waals surface area contributed by atoms with E-state index in [9.17, 15) is 19.7 Å². The molecule has 0 radical (unpaired) electrons. The molecular formula is C34H43N5O5. The van der Waals surface area contributed by atoms with Gasteiger partial charge in [-0.2, -0.15) is 10.2 Å². The molecule has 0 fully saturated rings. The Morgan fingerprint density at radius 3 is 1.50 bits per heavy atom. The van der Waals surface area contributed by atoms with Crippen molar-refractivity contribution in [3.8, 4) is 5.75 Å².